The van der Waals surface area contributed by atoms with Crippen molar-refractivity contribution in [3.63, 3.8) is 0 Å². The van der Waals surface area contributed by atoms with Crippen LogP contribution in [0, 0.1) is 6.92 Å². The number of nitrogens with zero attached hydrogens (tertiary/aromatic N) is 5. The molecule has 0 radical (unpaired) electrons. The molecule has 0 aliphatic rings. The number of fused-ring (bicyclic) bond motifs is 2. The van der Waals surface area contributed by atoms with Gasteiger partial charge in [0.2, 0.25) is 0 Å². The third kappa shape index (κ3) is 3.34. The minimum atomic E-state index is 0.536. The Hall–Kier alpha value is -3.87. The Morgan fingerprint density at radius 3 is 2.87 bits per heavy atom. The minimum absolute atomic E-state index is 0.536. The number of ether oxygens (including phenoxy) is 1. The average molecular weight is 398 g/mol. The summed E-state index contributed by atoms with van der Waals surface area (Å²) in [6.45, 7) is 3.27. The maximum atomic E-state index is 5.99. The van der Waals surface area contributed by atoms with Gasteiger partial charge in [-0.3, -0.25) is 10.1 Å². The molecule has 0 saturated carbocycles. The summed E-state index contributed by atoms with van der Waals surface area (Å²) in [7, 11) is 2.02. The number of nitrogens with one attached hydrogen (secondary N) is 1. The number of likely N-dealkylation sites (N-methyl/N-ethyl adjacent to an activating group) is 1. The fourth-order valence-electron chi connectivity index (χ4n) is 3.59. The van der Waals surface area contributed by atoms with Crippen molar-refractivity contribution in [1.29, 1.82) is 0 Å². The van der Waals surface area contributed by atoms with E-state index < -0.39 is 0 Å². The lowest BCUT2D eigenvalue weighted by Crippen LogP contribution is -2.33. The van der Waals surface area contributed by atoms with Crippen LogP contribution in [0.15, 0.2) is 67.3 Å². The van der Waals surface area contributed by atoms with E-state index in [0.717, 1.165) is 44.5 Å². The average Bonchev–Trinajstić information content (AvgIpc) is 3.37. The largest absolute Gasteiger partial charge is 0.490 e. The second-order valence-corrected chi connectivity index (χ2v) is 7.30. The fourth-order valence-corrected chi connectivity index (χ4v) is 3.59. The Labute approximate surface area is 173 Å². The SMILES string of the molecule is Cc1[nH]nc2ccc(-c3cncc(OCCN(C)n4cnc5ccccc54)c3)cc12. The summed E-state index contributed by atoms with van der Waals surface area (Å²) in [6, 6.07) is 16.3. The van der Waals surface area contributed by atoms with Crippen molar-refractivity contribution >= 4 is 21.9 Å². The second-order valence-electron chi connectivity index (χ2n) is 7.30. The molecule has 0 unspecified atom stereocenters. The molecule has 0 saturated heterocycles. The van der Waals surface area contributed by atoms with Crippen LogP contribution < -0.4 is 9.75 Å². The molecule has 3 heterocycles. The van der Waals surface area contributed by atoms with Gasteiger partial charge in [0.25, 0.3) is 0 Å². The maximum Gasteiger partial charge on any atom is 0.138 e. The van der Waals surface area contributed by atoms with Gasteiger partial charge in [0.05, 0.1) is 29.3 Å². The molecule has 0 bridgehead atoms. The molecule has 0 fully saturated rings. The molecule has 150 valence electrons. The van der Waals surface area contributed by atoms with Gasteiger partial charge in [-0.25, -0.2) is 9.66 Å². The van der Waals surface area contributed by atoms with Crippen LogP contribution >= 0.6 is 0 Å². The molecule has 0 aliphatic carbocycles. The molecule has 7 nitrogen and oxygen atoms in total. The Bertz CT molecular complexity index is 1320. The third-order valence-electron chi connectivity index (χ3n) is 5.28. The second kappa shape index (κ2) is 7.51. The molecule has 0 atom stereocenters. The van der Waals surface area contributed by atoms with E-state index in [4.69, 9.17) is 4.74 Å². The van der Waals surface area contributed by atoms with E-state index >= 15 is 0 Å². The summed E-state index contributed by atoms with van der Waals surface area (Å²) >= 11 is 0. The van der Waals surface area contributed by atoms with Crippen molar-refractivity contribution in [2.45, 2.75) is 6.92 Å². The lowest BCUT2D eigenvalue weighted by molar-refractivity contribution is 0.316. The number of hydrogen-bond donors (Lipinski definition) is 1. The standard InChI is InChI=1S/C23H22N6O/c1-16-20-12-17(7-8-21(20)27-26-16)18-11-19(14-24-13-18)30-10-9-28(2)29-15-25-22-5-3-4-6-23(22)29/h3-8,11-15H,9-10H2,1-2H3,(H,26,27). The first kappa shape index (κ1) is 18.2. The van der Waals surface area contributed by atoms with Gasteiger partial charge in [-0.05, 0) is 42.8 Å². The lowest BCUT2D eigenvalue weighted by atomic mass is 10.0. The van der Waals surface area contributed by atoms with E-state index in [0.29, 0.717) is 13.2 Å². The van der Waals surface area contributed by atoms with E-state index in [2.05, 4.69) is 43.4 Å². The van der Waals surface area contributed by atoms with Crippen molar-refractivity contribution in [2.75, 3.05) is 25.2 Å². The summed E-state index contributed by atoms with van der Waals surface area (Å²) in [5, 5.41) is 10.5. The first-order chi connectivity index (χ1) is 14.7. The predicted octanol–water partition coefficient (Wildman–Crippen LogP) is 3.93. The highest BCUT2D eigenvalue weighted by Gasteiger charge is 2.08. The van der Waals surface area contributed by atoms with Crippen LogP contribution in [0.1, 0.15) is 5.69 Å². The smallest absolute Gasteiger partial charge is 0.138 e. The fraction of sp³-hybridized carbons (Fsp3) is 0.174. The number of pyridine rings is 1. The highest BCUT2D eigenvalue weighted by molar-refractivity contribution is 5.86. The van der Waals surface area contributed by atoms with Crippen LogP contribution in [0.4, 0.5) is 0 Å². The molecule has 30 heavy (non-hydrogen) atoms. The summed E-state index contributed by atoms with van der Waals surface area (Å²) in [6.07, 6.45) is 5.44. The first-order valence-electron chi connectivity index (χ1n) is 9.85. The van der Waals surface area contributed by atoms with E-state index in [1.54, 1.807) is 6.20 Å². The van der Waals surface area contributed by atoms with Crippen molar-refractivity contribution in [2.24, 2.45) is 0 Å². The highest BCUT2D eigenvalue weighted by atomic mass is 16.5. The van der Waals surface area contributed by atoms with E-state index in [1.165, 1.54) is 0 Å². The molecule has 0 aliphatic heterocycles. The van der Waals surface area contributed by atoms with Gasteiger partial charge in [0.15, 0.2) is 0 Å². The number of rotatable bonds is 6. The number of benzene rings is 2. The molecule has 2 aromatic carbocycles. The zero-order valence-electron chi connectivity index (χ0n) is 16.9. The first-order valence-corrected chi connectivity index (χ1v) is 9.85. The number of imidazole rings is 1. The predicted molar refractivity (Wildman–Crippen MR) is 118 cm³/mol. The number of aromatic amines is 1. The van der Waals surface area contributed by atoms with Crippen LogP contribution in [0.25, 0.3) is 33.1 Å². The Balaban J connectivity index is 1.28. The Morgan fingerprint density at radius 2 is 1.93 bits per heavy atom. The molecule has 5 rings (SSSR count). The zero-order valence-corrected chi connectivity index (χ0v) is 16.9. The summed E-state index contributed by atoms with van der Waals surface area (Å²) in [5.74, 6) is 0.750. The Kier molecular flexibility index (Phi) is 4.55. The molecule has 0 spiro atoms. The summed E-state index contributed by atoms with van der Waals surface area (Å²) < 4.78 is 8.03. The zero-order chi connectivity index (χ0) is 20.5. The number of aryl methyl sites for hydroxylation is 1. The summed E-state index contributed by atoms with van der Waals surface area (Å²) in [4.78, 5) is 8.80. The quantitative estimate of drug-likeness (QED) is 0.469. The van der Waals surface area contributed by atoms with Gasteiger partial charge in [-0.2, -0.15) is 5.10 Å². The molecule has 1 N–H and O–H groups in total. The van der Waals surface area contributed by atoms with Gasteiger partial charge in [-0.1, -0.05) is 18.2 Å². The highest BCUT2D eigenvalue weighted by Crippen LogP contribution is 2.27. The number of hydrogen-bond acceptors (Lipinski definition) is 5. The van der Waals surface area contributed by atoms with Crippen molar-refractivity contribution < 1.29 is 4.74 Å². The monoisotopic (exact) mass is 398 g/mol. The van der Waals surface area contributed by atoms with Gasteiger partial charge < -0.3 is 9.75 Å². The topological polar surface area (TPSA) is 71.9 Å². The van der Waals surface area contributed by atoms with Crippen LogP contribution in [0.2, 0.25) is 0 Å². The van der Waals surface area contributed by atoms with Crippen molar-refractivity contribution in [3.8, 4) is 16.9 Å². The molecule has 7 heteroatoms. The lowest BCUT2D eigenvalue weighted by Gasteiger charge is -2.21. The third-order valence-corrected chi connectivity index (χ3v) is 5.28. The molecular formula is C23H22N6O. The number of aromatic nitrogens is 5. The van der Waals surface area contributed by atoms with E-state index in [-0.39, 0.29) is 0 Å². The summed E-state index contributed by atoms with van der Waals surface area (Å²) in [5.41, 5.74) is 6.19. The van der Waals surface area contributed by atoms with Gasteiger partial charge in [-0.15, -0.1) is 0 Å². The molecule has 0 amide bonds. The van der Waals surface area contributed by atoms with Gasteiger partial charge >= 0.3 is 0 Å². The number of para-hydroxylation sites is 2. The van der Waals surface area contributed by atoms with Crippen LogP contribution in [-0.4, -0.2) is 45.0 Å². The van der Waals surface area contributed by atoms with Crippen molar-refractivity contribution in [1.82, 2.24) is 24.8 Å². The van der Waals surface area contributed by atoms with Crippen LogP contribution in [0.3, 0.4) is 0 Å². The molecule has 5 aromatic rings. The Morgan fingerprint density at radius 1 is 1.03 bits per heavy atom. The van der Waals surface area contributed by atoms with E-state index in [1.807, 2.05) is 61.5 Å². The van der Waals surface area contributed by atoms with E-state index in [9.17, 15) is 0 Å². The van der Waals surface area contributed by atoms with Crippen LogP contribution in [-0.2, 0) is 0 Å². The van der Waals surface area contributed by atoms with Gasteiger partial charge in [0, 0.05) is 29.9 Å². The normalized spacial score (nSPS) is 11.3. The van der Waals surface area contributed by atoms with Gasteiger partial charge in [0.1, 0.15) is 18.7 Å². The number of H-pyrrole nitrogens is 1. The van der Waals surface area contributed by atoms with Crippen LogP contribution in [0.5, 0.6) is 5.75 Å². The van der Waals surface area contributed by atoms with Crippen molar-refractivity contribution in [3.05, 3.63) is 72.9 Å². The minimum Gasteiger partial charge on any atom is -0.490 e. The maximum absolute atomic E-state index is 5.99. The molecule has 3 aromatic heterocycles. The molecular weight excluding hydrogens is 376 g/mol.